The van der Waals surface area contributed by atoms with Crippen LogP contribution >= 0.6 is 0 Å². The van der Waals surface area contributed by atoms with Gasteiger partial charge in [-0.25, -0.2) is 0 Å². The molecule has 1 radical (unpaired) electrons. The predicted octanol–water partition coefficient (Wildman–Crippen LogP) is -0.181. The highest BCUT2D eigenvalue weighted by Crippen LogP contribution is 2.03. The lowest BCUT2D eigenvalue weighted by atomic mass is 9.32. The molecule has 0 bridgehead atoms. The molecule has 1 fully saturated rings. The molecule has 0 amide bonds. The van der Waals surface area contributed by atoms with Crippen molar-refractivity contribution in [2.24, 2.45) is 0 Å². The van der Waals surface area contributed by atoms with Gasteiger partial charge in [0.15, 0.2) is 0 Å². The van der Waals surface area contributed by atoms with E-state index in [1.54, 1.807) is 0 Å². The van der Waals surface area contributed by atoms with Gasteiger partial charge in [0.1, 0.15) is 0 Å². The Kier molecular flexibility index (Phi) is 2.13. The molecule has 0 saturated carbocycles. The molecular weight excluding hydrogens is 122 g/mol. The average Bonchev–Trinajstić information content (AvgIpc) is 2.15. The van der Waals surface area contributed by atoms with Crippen LogP contribution in [0.1, 0.15) is 0 Å². The standard InChI is InChI=1S/C3H5B2O4/c6-3(7)4-5-1-2-8-9-5/h1-2H2,(H,6,7). The Morgan fingerprint density at radius 3 is 3.00 bits per heavy atom. The average molecular weight is 127 g/mol. The molecule has 0 unspecified atom stereocenters. The first-order chi connectivity index (χ1) is 4.29. The topological polar surface area (TPSA) is 55.8 Å². The van der Waals surface area contributed by atoms with Crippen LogP contribution in [0.3, 0.4) is 0 Å². The molecule has 1 N–H and O–H groups in total. The molecular formula is C3H5B2O4. The fraction of sp³-hybridized carbons (Fsp3) is 0.667. The molecule has 0 spiro atoms. The summed E-state index contributed by atoms with van der Waals surface area (Å²) in [5.74, 6) is -0.967. The van der Waals surface area contributed by atoms with Crippen molar-refractivity contribution in [3.8, 4) is 0 Å². The third kappa shape index (κ3) is 2.07. The lowest BCUT2D eigenvalue weighted by Crippen LogP contribution is -2.27. The second-order valence-electron chi connectivity index (χ2n) is 1.75. The van der Waals surface area contributed by atoms with Crippen LogP contribution in [-0.2, 0) is 9.69 Å². The molecule has 1 heterocycles. The van der Waals surface area contributed by atoms with Crippen LogP contribution in [-0.4, -0.2) is 31.6 Å². The molecule has 0 aromatic rings. The van der Waals surface area contributed by atoms with Gasteiger partial charge in [0, 0.05) is 0 Å². The Bertz CT molecular complexity index is 110. The molecule has 0 atom stereocenters. The van der Waals surface area contributed by atoms with Crippen LogP contribution in [0.4, 0.5) is 4.79 Å². The van der Waals surface area contributed by atoms with Gasteiger partial charge in [-0.15, -0.1) is 0 Å². The third-order valence-electron chi connectivity index (χ3n) is 1.01. The van der Waals surface area contributed by atoms with E-state index in [0.717, 1.165) is 7.17 Å². The van der Waals surface area contributed by atoms with E-state index in [1.165, 1.54) is 0 Å². The van der Waals surface area contributed by atoms with Crippen molar-refractivity contribution in [3.63, 3.8) is 0 Å². The van der Waals surface area contributed by atoms with Gasteiger partial charge in [-0.1, -0.05) is 0 Å². The van der Waals surface area contributed by atoms with Crippen molar-refractivity contribution in [3.05, 3.63) is 0 Å². The maximum Gasteiger partial charge on any atom is 0.312 e. The van der Waals surface area contributed by atoms with Crippen molar-refractivity contribution in [1.29, 1.82) is 0 Å². The van der Waals surface area contributed by atoms with Crippen LogP contribution in [0.5, 0.6) is 0 Å². The molecule has 0 aromatic heterocycles. The van der Waals surface area contributed by atoms with Crippen LogP contribution in [0.2, 0.25) is 6.32 Å². The second-order valence-corrected chi connectivity index (χ2v) is 1.75. The maximum absolute atomic E-state index is 9.96. The number of rotatable bonds is 2. The minimum absolute atomic E-state index is 0.359. The highest BCUT2D eigenvalue weighted by atomic mass is 17.2. The van der Waals surface area contributed by atoms with Gasteiger partial charge in [0.2, 0.25) is 5.87 Å². The zero-order valence-corrected chi connectivity index (χ0v) is 4.74. The molecule has 0 aromatic carbocycles. The number of carbonyl (C=O) groups is 1. The summed E-state index contributed by atoms with van der Waals surface area (Å²) in [4.78, 5) is 19.0. The molecule has 47 valence electrons. The van der Waals surface area contributed by atoms with Gasteiger partial charge in [0.25, 0.3) is 7.17 Å². The molecule has 1 saturated heterocycles. The van der Waals surface area contributed by atoms with Crippen molar-refractivity contribution >= 4 is 19.8 Å². The molecule has 1 aliphatic heterocycles. The number of carboxylic acid groups (broad SMARTS) is 1. The predicted molar refractivity (Wildman–Crippen MR) is 31.4 cm³/mol. The van der Waals surface area contributed by atoms with E-state index in [1.807, 2.05) is 0 Å². The molecule has 1 aliphatic rings. The zero-order chi connectivity index (χ0) is 6.69. The molecule has 4 nitrogen and oxygen atoms in total. The van der Waals surface area contributed by atoms with Crippen LogP contribution in [0, 0.1) is 0 Å². The van der Waals surface area contributed by atoms with Crippen molar-refractivity contribution < 1.29 is 19.6 Å². The van der Waals surface area contributed by atoms with E-state index in [9.17, 15) is 4.79 Å². The summed E-state index contributed by atoms with van der Waals surface area (Å²) in [5.41, 5.74) is 0. The minimum Gasteiger partial charge on any atom is -0.490 e. The molecule has 9 heavy (non-hydrogen) atoms. The van der Waals surface area contributed by atoms with E-state index in [0.29, 0.717) is 12.9 Å². The lowest BCUT2D eigenvalue weighted by Gasteiger charge is -1.93. The number of hydrogen-bond acceptors (Lipinski definition) is 3. The Morgan fingerprint density at radius 1 is 1.78 bits per heavy atom. The van der Waals surface area contributed by atoms with Gasteiger partial charge in [-0.3, -0.25) is 9.68 Å². The lowest BCUT2D eigenvalue weighted by molar-refractivity contribution is -0.183. The Morgan fingerprint density at radius 2 is 2.56 bits per heavy atom. The largest absolute Gasteiger partial charge is 0.490 e. The van der Waals surface area contributed by atoms with Crippen LogP contribution in [0.15, 0.2) is 0 Å². The summed E-state index contributed by atoms with van der Waals surface area (Å²) in [7, 11) is 1.08. The highest BCUT2D eigenvalue weighted by Gasteiger charge is 2.27. The third-order valence-corrected chi connectivity index (χ3v) is 1.01. The Labute approximate surface area is 53.4 Å². The van der Waals surface area contributed by atoms with Crippen molar-refractivity contribution in [1.82, 2.24) is 0 Å². The van der Waals surface area contributed by atoms with E-state index < -0.39 is 5.87 Å². The van der Waals surface area contributed by atoms with Gasteiger partial charge in [-0.2, -0.15) is 0 Å². The monoisotopic (exact) mass is 127 g/mol. The smallest absolute Gasteiger partial charge is 0.312 e. The minimum atomic E-state index is -0.967. The van der Waals surface area contributed by atoms with Gasteiger partial charge >= 0.3 is 6.81 Å². The SMILES string of the molecule is O=C(O)[B]B1CCOO1. The number of hydrogen-bond donors (Lipinski definition) is 1. The fourth-order valence-electron chi connectivity index (χ4n) is 0.618. The summed E-state index contributed by atoms with van der Waals surface area (Å²) < 4.78 is 0. The van der Waals surface area contributed by atoms with E-state index in [-0.39, 0.29) is 6.81 Å². The van der Waals surface area contributed by atoms with E-state index >= 15 is 0 Å². The normalized spacial score (nSPS) is 18.0. The Hall–Kier alpha value is -0.480. The van der Waals surface area contributed by atoms with Crippen LogP contribution < -0.4 is 0 Å². The van der Waals surface area contributed by atoms with E-state index in [4.69, 9.17) is 5.11 Å². The molecule has 0 aliphatic carbocycles. The summed E-state index contributed by atoms with van der Waals surface area (Å²) in [6.07, 6.45) is 0.631. The van der Waals surface area contributed by atoms with Crippen molar-refractivity contribution in [2.45, 2.75) is 6.32 Å². The van der Waals surface area contributed by atoms with Gasteiger partial charge in [0.05, 0.1) is 6.61 Å². The fourth-order valence-corrected chi connectivity index (χ4v) is 0.618. The molecule has 1 rings (SSSR count). The summed E-state index contributed by atoms with van der Waals surface area (Å²) >= 11 is 0. The summed E-state index contributed by atoms with van der Waals surface area (Å²) in [6.45, 7) is 0.122. The second kappa shape index (κ2) is 2.89. The van der Waals surface area contributed by atoms with Crippen molar-refractivity contribution in [2.75, 3.05) is 6.61 Å². The first kappa shape index (κ1) is 6.64. The summed E-state index contributed by atoms with van der Waals surface area (Å²) in [6, 6.07) is 0. The highest BCUT2D eigenvalue weighted by molar-refractivity contribution is 7.21. The summed E-state index contributed by atoms with van der Waals surface area (Å²) in [5, 5.41) is 8.18. The van der Waals surface area contributed by atoms with Gasteiger partial charge < -0.3 is 9.91 Å². The zero-order valence-electron chi connectivity index (χ0n) is 4.74. The van der Waals surface area contributed by atoms with Crippen LogP contribution in [0.25, 0.3) is 0 Å². The first-order valence-electron chi connectivity index (χ1n) is 2.65. The maximum atomic E-state index is 9.96. The Balaban J connectivity index is 2.19. The van der Waals surface area contributed by atoms with Gasteiger partial charge in [-0.05, 0) is 6.32 Å². The van der Waals surface area contributed by atoms with E-state index in [2.05, 4.69) is 9.69 Å². The molecule has 6 heteroatoms. The first-order valence-corrected chi connectivity index (χ1v) is 2.65. The quantitative estimate of drug-likeness (QED) is 0.412.